The Morgan fingerprint density at radius 3 is 2.75 bits per heavy atom. The number of nitrogens with one attached hydrogen (secondary N) is 1. The summed E-state index contributed by atoms with van der Waals surface area (Å²) in [5.74, 6) is 0.121. The monoisotopic (exact) mass is 223 g/mol. The van der Waals surface area contributed by atoms with Crippen LogP contribution in [0.25, 0.3) is 0 Å². The molecule has 0 aliphatic heterocycles. The van der Waals surface area contributed by atoms with E-state index in [0.717, 1.165) is 12.1 Å². The molecule has 2 nitrogen and oxygen atoms in total. The van der Waals surface area contributed by atoms with Crippen molar-refractivity contribution in [1.29, 1.82) is 0 Å². The van der Waals surface area contributed by atoms with Gasteiger partial charge >= 0.3 is 0 Å². The number of hydrogen-bond donors (Lipinski definition) is 1. The van der Waals surface area contributed by atoms with Crippen LogP contribution in [0.3, 0.4) is 0 Å². The first-order chi connectivity index (χ1) is 7.52. The molecule has 0 aliphatic carbocycles. The minimum Gasteiger partial charge on any atom is -0.342 e. The van der Waals surface area contributed by atoms with E-state index in [1.54, 1.807) is 6.92 Å². The van der Waals surface area contributed by atoms with E-state index in [1.165, 1.54) is 6.07 Å². The van der Waals surface area contributed by atoms with Gasteiger partial charge in [-0.3, -0.25) is 4.79 Å². The SMILES string of the molecule is C#CC(C)NC(=O)Cc1ccc(F)c(F)c1. The molecule has 0 radical (unpaired) electrons. The van der Waals surface area contributed by atoms with Crippen LogP contribution in [0, 0.1) is 24.0 Å². The number of amides is 1. The summed E-state index contributed by atoms with van der Waals surface area (Å²) in [5, 5.41) is 2.52. The highest BCUT2D eigenvalue weighted by Gasteiger charge is 2.08. The normalized spacial score (nSPS) is 11.6. The van der Waals surface area contributed by atoms with Crippen molar-refractivity contribution in [2.45, 2.75) is 19.4 Å². The van der Waals surface area contributed by atoms with Crippen molar-refractivity contribution >= 4 is 5.91 Å². The van der Waals surface area contributed by atoms with Crippen LogP contribution in [0.1, 0.15) is 12.5 Å². The molecule has 1 atom stereocenters. The second-order valence-electron chi connectivity index (χ2n) is 3.38. The van der Waals surface area contributed by atoms with Crippen LogP contribution in [0.15, 0.2) is 18.2 Å². The molecule has 4 heteroatoms. The predicted octanol–water partition coefficient (Wildman–Crippen LogP) is 1.65. The number of rotatable bonds is 3. The molecule has 1 amide bonds. The van der Waals surface area contributed by atoms with Crippen LogP contribution < -0.4 is 5.32 Å². The Kier molecular flexibility index (Phi) is 4.01. The number of carbonyl (C=O) groups is 1. The fraction of sp³-hybridized carbons (Fsp3) is 0.250. The molecule has 1 aromatic rings. The zero-order valence-electron chi connectivity index (χ0n) is 8.76. The topological polar surface area (TPSA) is 29.1 Å². The Morgan fingerprint density at radius 2 is 2.19 bits per heavy atom. The first-order valence-corrected chi connectivity index (χ1v) is 4.72. The summed E-state index contributed by atoms with van der Waals surface area (Å²) in [4.78, 5) is 11.4. The first-order valence-electron chi connectivity index (χ1n) is 4.72. The molecule has 1 rings (SSSR count). The van der Waals surface area contributed by atoms with Crippen LogP contribution in [0.5, 0.6) is 0 Å². The maximum atomic E-state index is 12.8. The van der Waals surface area contributed by atoms with Crippen molar-refractivity contribution in [3.63, 3.8) is 0 Å². The lowest BCUT2D eigenvalue weighted by Crippen LogP contribution is -2.32. The largest absolute Gasteiger partial charge is 0.342 e. The number of terminal acetylenes is 1. The average Bonchev–Trinajstić information content (AvgIpc) is 2.23. The van der Waals surface area contributed by atoms with E-state index < -0.39 is 11.6 Å². The molecule has 0 saturated heterocycles. The minimum absolute atomic E-state index is 0.0246. The van der Waals surface area contributed by atoms with Crippen molar-refractivity contribution in [3.8, 4) is 12.3 Å². The van der Waals surface area contributed by atoms with Crippen LogP contribution in [-0.2, 0) is 11.2 Å². The van der Waals surface area contributed by atoms with Crippen molar-refractivity contribution < 1.29 is 13.6 Å². The van der Waals surface area contributed by atoms with Crippen LogP contribution in [-0.4, -0.2) is 11.9 Å². The lowest BCUT2D eigenvalue weighted by Gasteiger charge is -2.07. The smallest absolute Gasteiger partial charge is 0.225 e. The van der Waals surface area contributed by atoms with E-state index in [9.17, 15) is 13.6 Å². The van der Waals surface area contributed by atoms with Gasteiger partial charge in [0.25, 0.3) is 0 Å². The average molecular weight is 223 g/mol. The number of carbonyl (C=O) groups excluding carboxylic acids is 1. The van der Waals surface area contributed by atoms with E-state index in [4.69, 9.17) is 6.42 Å². The third kappa shape index (κ3) is 3.35. The van der Waals surface area contributed by atoms with Crippen molar-refractivity contribution in [1.82, 2.24) is 5.32 Å². The summed E-state index contributed by atoms with van der Waals surface area (Å²) in [7, 11) is 0. The molecule has 0 aromatic heterocycles. The molecule has 16 heavy (non-hydrogen) atoms. The fourth-order valence-corrected chi connectivity index (χ4v) is 1.17. The molecule has 0 bridgehead atoms. The standard InChI is InChI=1S/C12H11F2NO/c1-3-8(2)15-12(16)7-9-4-5-10(13)11(14)6-9/h1,4-6,8H,7H2,2H3,(H,15,16). The lowest BCUT2D eigenvalue weighted by atomic mass is 10.1. The highest BCUT2D eigenvalue weighted by atomic mass is 19.2. The minimum atomic E-state index is -0.963. The Hall–Kier alpha value is -1.89. The second kappa shape index (κ2) is 5.26. The van der Waals surface area contributed by atoms with Crippen LogP contribution in [0.2, 0.25) is 0 Å². The summed E-state index contributed by atoms with van der Waals surface area (Å²) in [5.41, 5.74) is 0.403. The number of halogens is 2. The van der Waals surface area contributed by atoms with Crippen molar-refractivity contribution in [2.75, 3.05) is 0 Å². The van der Waals surface area contributed by atoms with Gasteiger partial charge in [-0.15, -0.1) is 6.42 Å². The van der Waals surface area contributed by atoms with Crippen LogP contribution in [0.4, 0.5) is 8.78 Å². The van der Waals surface area contributed by atoms with Gasteiger partial charge < -0.3 is 5.32 Å². The molecular weight excluding hydrogens is 212 g/mol. The third-order valence-corrected chi connectivity index (χ3v) is 1.98. The predicted molar refractivity (Wildman–Crippen MR) is 56.5 cm³/mol. The van der Waals surface area contributed by atoms with E-state index in [-0.39, 0.29) is 18.4 Å². The van der Waals surface area contributed by atoms with Gasteiger partial charge in [0.2, 0.25) is 5.91 Å². The Balaban J connectivity index is 2.64. The van der Waals surface area contributed by atoms with Crippen LogP contribution >= 0.6 is 0 Å². The summed E-state index contributed by atoms with van der Waals surface area (Å²) in [6, 6.07) is 2.97. The van der Waals surface area contributed by atoms with Crippen molar-refractivity contribution in [3.05, 3.63) is 35.4 Å². The van der Waals surface area contributed by atoms with Crippen molar-refractivity contribution in [2.24, 2.45) is 0 Å². The van der Waals surface area contributed by atoms with Gasteiger partial charge in [0.05, 0.1) is 12.5 Å². The quantitative estimate of drug-likeness (QED) is 0.775. The van der Waals surface area contributed by atoms with E-state index in [2.05, 4.69) is 11.2 Å². The van der Waals surface area contributed by atoms with E-state index in [1.807, 2.05) is 0 Å². The third-order valence-electron chi connectivity index (χ3n) is 1.98. The second-order valence-corrected chi connectivity index (χ2v) is 3.38. The Morgan fingerprint density at radius 1 is 1.50 bits per heavy atom. The van der Waals surface area contributed by atoms with Gasteiger partial charge in [0.15, 0.2) is 11.6 Å². The van der Waals surface area contributed by atoms with Gasteiger partial charge in [-0.2, -0.15) is 0 Å². The van der Waals surface area contributed by atoms with Gasteiger partial charge in [-0.05, 0) is 24.6 Å². The molecule has 84 valence electrons. The van der Waals surface area contributed by atoms with Gasteiger partial charge in [-0.1, -0.05) is 12.0 Å². The van der Waals surface area contributed by atoms with E-state index >= 15 is 0 Å². The van der Waals surface area contributed by atoms with Gasteiger partial charge in [-0.25, -0.2) is 8.78 Å². The molecule has 0 spiro atoms. The molecule has 1 aromatic carbocycles. The highest BCUT2D eigenvalue weighted by Crippen LogP contribution is 2.09. The molecule has 0 saturated carbocycles. The maximum absolute atomic E-state index is 12.8. The van der Waals surface area contributed by atoms with Gasteiger partial charge in [0.1, 0.15) is 0 Å². The summed E-state index contributed by atoms with van der Waals surface area (Å²) < 4.78 is 25.4. The summed E-state index contributed by atoms with van der Waals surface area (Å²) >= 11 is 0. The fourth-order valence-electron chi connectivity index (χ4n) is 1.17. The molecule has 1 unspecified atom stereocenters. The summed E-state index contributed by atoms with van der Waals surface area (Å²) in [6.07, 6.45) is 5.06. The molecule has 0 fully saturated rings. The lowest BCUT2D eigenvalue weighted by molar-refractivity contribution is -0.120. The summed E-state index contributed by atoms with van der Waals surface area (Å²) in [6.45, 7) is 1.66. The number of hydrogen-bond acceptors (Lipinski definition) is 1. The zero-order valence-corrected chi connectivity index (χ0v) is 8.76. The number of benzene rings is 1. The first kappa shape index (κ1) is 12.2. The molecule has 0 heterocycles. The molecule has 1 N–H and O–H groups in total. The Bertz CT molecular complexity index is 437. The van der Waals surface area contributed by atoms with Gasteiger partial charge in [0, 0.05) is 0 Å². The Labute approximate surface area is 92.7 Å². The highest BCUT2D eigenvalue weighted by molar-refractivity contribution is 5.79. The molecular formula is C12H11F2NO. The molecule has 0 aliphatic rings. The maximum Gasteiger partial charge on any atom is 0.225 e. The van der Waals surface area contributed by atoms with E-state index in [0.29, 0.717) is 5.56 Å². The zero-order chi connectivity index (χ0) is 12.1.